The highest BCUT2D eigenvalue weighted by atomic mass is 79.9. The summed E-state index contributed by atoms with van der Waals surface area (Å²) in [6.45, 7) is 0. The molecule has 0 spiro atoms. The number of carboxylic acids is 1. The monoisotopic (exact) mass is 511 g/mol. The molecule has 1 saturated carbocycles. The Morgan fingerprint density at radius 2 is 1.83 bits per heavy atom. The van der Waals surface area contributed by atoms with Crippen LogP contribution in [0.5, 0.6) is 0 Å². The molecular weight excluding hydrogens is 498 g/mol. The van der Waals surface area contributed by atoms with Crippen LogP contribution in [0.2, 0.25) is 5.02 Å². The smallest absolute Gasteiger partial charge is 0.325 e. The lowest BCUT2D eigenvalue weighted by atomic mass is 10.1. The SMILES string of the molecule is O=C(O)C1(NS(=O)(=O)c2ccc(-c3ccc(Cl)cc3)s2)CC1c1ccccc1Br. The maximum Gasteiger partial charge on any atom is 0.325 e. The van der Waals surface area contributed by atoms with Gasteiger partial charge in [-0.2, -0.15) is 4.72 Å². The quantitative estimate of drug-likeness (QED) is 0.480. The van der Waals surface area contributed by atoms with Gasteiger partial charge in [-0.15, -0.1) is 11.3 Å². The van der Waals surface area contributed by atoms with Crippen molar-refractivity contribution in [3.8, 4) is 10.4 Å². The van der Waals surface area contributed by atoms with Gasteiger partial charge < -0.3 is 5.11 Å². The Kier molecular flexibility index (Phi) is 5.33. The van der Waals surface area contributed by atoms with Gasteiger partial charge in [0.15, 0.2) is 0 Å². The van der Waals surface area contributed by atoms with E-state index in [0.717, 1.165) is 31.8 Å². The molecule has 0 aliphatic heterocycles. The second-order valence-electron chi connectivity index (χ2n) is 6.79. The maximum absolute atomic E-state index is 13.0. The molecule has 1 fully saturated rings. The highest BCUT2D eigenvalue weighted by Crippen LogP contribution is 2.54. The number of carboxylic acid groups (broad SMARTS) is 1. The number of hydrogen-bond donors (Lipinski definition) is 2. The highest BCUT2D eigenvalue weighted by Gasteiger charge is 2.63. The third kappa shape index (κ3) is 3.87. The Morgan fingerprint density at radius 3 is 2.48 bits per heavy atom. The number of rotatable bonds is 6. The molecule has 0 radical (unpaired) electrons. The van der Waals surface area contributed by atoms with E-state index >= 15 is 0 Å². The van der Waals surface area contributed by atoms with Crippen molar-refractivity contribution in [1.29, 1.82) is 0 Å². The second kappa shape index (κ2) is 7.52. The molecule has 2 aromatic carbocycles. The summed E-state index contributed by atoms with van der Waals surface area (Å²) in [6, 6.07) is 17.5. The third-order valence-electron chi connectivity index (χ3n) is 4.91. The predicted octanol–water partition coefficient (Wildman–Crippen LogP) is 5.12. The summed E-state index contributed by atoms with van der Waals surface area (Å²) in [5, 5.41) is 10.4. The van der Waals surface area contributed by atoms with Gasteiger partial charge in [0.1, 0.15) is 9.75 Å². The van der Waals surface area contributed by atoms with Crippen LogP contribution in [-0.4, -0.2) is 25.0 Å². The van der Waals surface area contributed by atoms with Crippen LogP contribution in [0.25, 0.3) is 10.4 Å². The van der Waals surface area contributed by atoms with Gasteiger partial charge in [0.25, 0.3) is 10.0 Å². The van der Waals surface area contributed by atoms with E-state index in [1.165, 1.54) is 6.07 Å². The van der Waals surface area contributed by atoms with Crippen LogP contribution in [-0.2, 0) is 14.8 Å². The van der Waals surface area contributed by atoms with Crippen LogP contribution in [0.15, 0.2) is 69.3 Å². The van der Waals surface area contributed by atoms with Gasteiger partial charge in [-0.05, 0) is 47.9 Å². The van der Waals surface area contributed by atoms with Gasteiger partial charge in [-0.1, -0.05) is 57.9 Å². The summed E-state index contributed by atoms with van der Waals surface area (Å²) in [5.41, 5.74) is 0.0598. The molecule has 9 heteroatoms. The molecule has 2 atom stereocenters. The van der Waals surface area contributed by atoms with Crippen molar-refractivity contribution in [2.24, 2.45) is 0 Å². The first-order valence-electron chi connectivity index (χ1n) is 8.60. The molecule has 1 aromatic heterocycles. The molecule has 5 nitrogen and oxygen atoms in total. The van der Waals surface area contributed by atoms with Crippen molar-refractivity contribution in [3.05, 3.63) is 75.7 Å². The second-order valence-corrected chi connectivity index (χ2v) is 11.1. The molecule has 29 heavy (non-hydrogen) atoms. The van der Waals surface area contributed by atoms with Crippen molar-refractivity contribution in [2.75, 3.05) is 0 Å². The lowest BCUT2D eigenvalue weighted by Crippen LogP contribution is -2.44. The Morgan fingerprint density at radius 1 is 1.14 bits per heavy atom. The Labute approximate surface area is 185 Å². The number of thiophene rings is 1. The van der Waals surface area contributed by atoms with Crippen LogP contribution >= 0.6 is 38.9 Å². The van der Waals surface area contributed by atoms with Crippen molar-refractivity contribution in [2.45, 2.75) is 22.1 Å². The number of hydrogen-bond acceptors (Lipinski definition) is 4. The maximum atomic E-state index is 13.0. The Hall–Kier alpha value is -1.71. The van der Waals surface area contributed by atoms with E-state index in [2.05, 4.69) is 20.7 Å². The summed E-state index contributed by atoms with van der Waals surface area (Å²) < 4.78 is 29.2. The number of sulfonamides is 1. The number of nitrogens with one attached hydrogen (secondary N) is 1. The average Bonchev–Trinajstić information content (AvgIpc) is 3.16. The number of aliphatic carboxylic acids is 1. The fraction of sp³-hybridized carbons (Fsp3) is 0.150. The number of benzene rings is 2. The summed E-state index contributed by atoms with van der Waals surface area (Å²) in [6.07, 6.45) is 0.194. The molecule has 2 unspecified atom stereocenters. The first kappa shape index (κ1) is 20.6. The van der Waals surface area contributed by atoms with E-state index in [9.17, 15) is 18.3 Å². The van der Waals surface area contributed by atoms with E-state index in [0.29, 0.717) is 5.02 Å². The van der Waals surface area contributed by atoms with Gasteiger partial charge in [-0.3, -0.25) is 4.79 Å². The molecule has 1 heterocycles. The predicted molar refractivity (Wildman–Crippen MR) is 117 cm³/mol. The highest BCUT2D eigenvalue weighted by molar-refractivity contribution is 9.10. The minimum Gasteiger partial charge on any atom is -0.480 e. The number of halogens is 2. The Bertz CT molecular complexity index is 1190. The molecule has 0 saturated heterocycles. The average molecular weight is 513 g/mol. The zero-order valence-electron chi connectivity index (χ0n) is 14.8. The van der Waals surface area contributed by atoms with Gasteiger partial charge in [0.2, 0.25) is 0 Å². The van der Waals surface area contributed by atoms with E-state index in [1.807, 2.05) is 12.1 Å². The molecule has 1 aliphatic rings. The fourth-order valence-electron chi connectivity index (χ4n) is 3.31. The molecule has 150 valence electrons. The summed E-state index contributed by atoms with van der Waals surface area (Å²) in [7, 11) is -4.00. The summed E-state index contributed by atoms with van der Waals surface area (Å²) >= 11 is 10.4. The molecule has 4 rings (SSSR count). The van der Waals surface area contributed by atoms with Gasteiger partial charge >= 0.3 is 5.97 Å². The van der Waals surface area contributed by atoms with Gasteiger partial charge in [0.05, 0.1) is 0 Å². The van der Waals surface area contributed by atoms with Crippen molar-refractivity contribution >= 4 is 54.9 Å². The lowest BCUT2D eigenvalue weighted by molar-refractivity contribution is -0.140. The minimum atomic E-state index is -4.00. The van der Waals surface area contributed by atoms with Gasteiger partial charge in [0, 0.05) is 20.3 Å². The standard InChI is InChI=1S/C20H15BrClNO4S2/c21-16-4-2-1-3-14(16)15-11-20(15,19(24)25)23-29(26,27)18-10-9-17(28-18)12-5-7-13(22)8-6-12/h1-10,15,23H,11H2,(H,24,25). The van der Waals surface area contributed by atoms with E-state index in [4.69, 9.17) is 11.6 Å². The first-order valence-corrected chi connectivity index (χ1v) is 12.1. The zero-order valence-corrected chi connectivity index (χ0v) is 18.8. The Balaban J connectivity index is 1.62. The largest absolute Gasteiger partial charge is 0.480 e. The van der Waals surface area contributed by atoms with E-state index in [1.54, 1.807) is 42.5 Å². The topological polar surface area (TPSA) is 83.5 Å². The van der Waals surface area contributed by atoms with Crippen LogP contribution in [0, 0.1) is 0 Å². The zero-order chi connectivity index (χ0) is 20.8. The molecule has 3 aromatic rings. The van der Waals surface area contributed by atoms with Crippen LogP contribution < -0.4 is 4.72 Å². The van der Waals surface area contributed by atoms with Crippen LogP contribution in [0.1, 0.15) is 17.9 Å². The molecule has 0 bridgehead atoms. The molecular formula is C20H15BrClNO4S2. The lowest BCUT2D eigenvalue weighted by Gasteiger charge is -2.15. The van der Waals surface area contributed by atoms with E-state index in [-0.39, 0.29) is 10.6 Å². The van der Waals surface area contributed by atoms with Gasteiger partial charge in [-0.25, -0.2) is 8.42 Å². The molecule has 1 aliphatic carbocycles. The number of carbonyl (C=O) groups is 1. The van der Waals surface area contributed by atoms with Crippen molar-refractivity contribution < 1.29 is 18.3 Å². The van der Waals surface area contributed by atoms with E-state index < -0.39 is 27.4 Å². The molecule has 0 amide bonds. The summed E-state index contributed by atoms with van der Waals surface area (Å²) in [4.78, 5) is 12.7. The minimum absolute atomic E-state index is 0.0702. The summed E-state index contributed by atoms with van der Waals surface area (Å²) in [5.74, 6) is -1.63. The van der Waals surface area contributed by atoms with Crippen molar-refractivity contribution in [3.63, 3.8) is 0 Å². The third-order valence-corrected chi connectivity index (χ3v) is 9.02. The van der Waals surface area contributed by atoms with Crippen LogP contribution in [0.3, 0.4) is 0 Å². The first-order chi connectivity index (χ1) is 13.7. The van der Waals surface area contributed by atoms with Crippen LogP contribution in [0.4, 0.5) is 0 Å². The molecule has 2 N–H and O–H groups in total. The fourth-order valence-corrected chi connectivity index (χ4v) is 6.72. The normalized spacial score (nSPS) is 21.1. The van der Waals surface area contributed by atoms with Crippen molar-refractivity contribution in [1.82, 2.24) is 4.72 Å².